The van der Waals surface area contributed by atoms with Crippen LogP contribution in [0.2, 0.25) is 0 Å². The molecule has 0 aliphatic carbocycles. The van der Waals surface area contributed by atoms with Gasteiger partial charge < -0.3 is 16.4 Å². The predicted molar refractivity (Wildman–Crippen MR) is 82.8 cm³/mol. The smallest absolute Gasteiger partial charge is 0.237 e. The van der Waals surface area contributed by atoms with Crippen molar-refractivity contribution in [3.05, 3.63) is 24.3 Å². The second-order valence-electron chi connectivity index (χ2n) is 5.28. The molecule has 0 spiro atoms. The number of nitrogens with two attached hydrogens (primary N) is 1. The standard InChI is InChI=1S/C15H22N4O2/c1-11-15(21)17-8-10-19(11)9-2-3-14(20)18-13-6-4-12(16)5-7-13/h4-7,11H,2-3,8-10,16H2,1H3,(H,17,21)(H,18,20). The summed E-state index contributed by atoms with van der Waals surface area (Å²) in [4.78, 5) is 25.5. The molecule has 4 N–H and O–H groups in total. The molecule has 1 unspecified atom stereocenters. The minimum Gasteiger partial charge on any atom is -0.399 e. The Hall–Kier alpha value is -2.08. The highest BCUT2D eigenvalue weighted by Crippen LogP contribution is 2.11. The first-order valence-corrected chi connectivity index (χ1v) is 7.23. The lowest BCUT2D eigenvalue weighted by atomic mass is 10.1. The molecule has 1 aliphatic rings. The van der Waals surface area contributed by atoms with Gasteiger partial charge in [-0.05, 0) is 44.2 Å². The molecule has 1 atom stereocenters. The van der Waals surface area contributed by atoms with Crippen LogP contribution in [0.5, 0.6) is 0 Å². The van der Waals surface area contributed by atoms with E-state index in [2.05, 4.69) is 15.5 Å². The monoisotopic (exact) mass is 290 g/mol. The number of nitrogens with zero attached hydrogens (tertiary/aromatic N) is 1. The van der Waals surface area contributed by atoms with E-state index in [0.717, 1.165) is 25.2 Å². The third-order valence-corrected chi connectivity index (χ3v) is 3.67. The minimum atomic E-state index is -0.112. The topological polar surface area (TPSA) is 87.5 Å². The summed E-state index contributed by atoms with van der Waals surface area (Å²) in [7, 11) is 0. The highest BCUT2D eigenvalue weighted by atomic mass is 16.2. The summed E-state index contributed by atoms with van der Waals surface area (Å²) in [6.07, 6.45) is 1.17. The zero-order valence-electron chi connectivity index (χ0n) is 12.3. The molecule has 21 heavy (non-hydrogen) atoms. The Morgan fingerprint density at radius 2 is 2.14 bits per heavy atom. The third-order valence-electron chi connectivity index (χ3n) is 3.67. The largest absolute Gasteiger partial charge is 0.399 e. The van der Waals surface area contributed by atoms with Crippen LogP contribution in [0, 0.1) is 0 Å². The van der Waals surface area contributed by atoms with E-state index in [1.54, 1.807) is 24.3 Å². The van der Waals surface area contributed by atoms with Crippen molar-refractivity contribution in [2.75, 3.05) is 30.7 Å². The molecule has 0 saturated carbocycles. The number of benzene rings is 1. The van der Waals surface area contributed by atoms with Gasteiger partial charge in [0.1, 0.15) is 0 Å². The maximum Gasteiger partial charge on any atom is 0.237 e. The van der Waals surface area contributed by atoms with Gasteiger partial charge in [0.05, 0.1) is 6.04 Å². The molecule has 1 aliphatic heterocycles. The summed E-state index contributed by atoms with van der Waals surface area (Å²) in [5.74, 6) is 0.0430. The van der Waals surface area contributed by atoms with Gasteiger partial charge in [-0.3, -0.25) is 14.5 Å². The maximum absolute atomic E-state index is 11.8. The molecular weight excluding hydrogens is 268 g/mol. The maximum atomic E-state index is 11.8. The van der Waals surface area contributed by atoms with Crippen LogP contribution in [0.4, 0.5) is 11.4 Å². The first-order valence-electron chi connectivity index (χ1n) is 7.23. The fraction of sp³-hybridized carbons (Fsp3) is 0.467. The second-order valence-corrected chi connectivity index (χ2v) is 5.28. The molecule has 2 rings (SSSR count). The number of hydrogen-bond acceptors (Lipinski definition) is 4. The van der Waals surface area contributed by atoms with Crippen molar-refractivity contribution in [3.63, 3.8) is 0 Å². The van der Waals surface area contributed by atoms with Crippen molar-refractivity contribution >= 4 is 23.2 Å². The average Bonchev–Trinajstić information content (AvgIpc) is 2.46. The number of carbonyl (C=O) groups is 2. The fourth-order valence-corrected chi connectivity index (χ4v) is 2.37. The van der Waals surface area contributed by atoms with E-state index in [0.29, 0.717) is 18.7 Å². The molecule has 0 bridgehead atoms. The second kappa shape index (κ2) is 7.08. The molecule has 0 aromatic heterocycles. The van der Waals surface area contributed by atoms with E-state index >= 15 is 0 Å². The Bertz CT molecular complexity index is 501. The SMILES string of the molecule is CC1C(=O)NCCN1CCCC(=O)Nc1ccc(N)cc1. The van der Waals surface area contributed by atoms with Crippen LogP contribution in [0.25, 0.3) is 0 Å². The molecule has 6 heteroatoms. The Labute approximate surface area is 124 Å². The van der Waals surface area contributed by atoms with E-state index in [1.165, 1.54) is 0 Å². The van der Waals surface area contributed by atoms with Crippen molar-refractivity contribution in [1.29, 1.82) is 0 Å². The lowest BCUT2D eigenvalue weighted by Gasteiger charge is -2.32. The molecule has 1 aromatic carbocycles. The first kappa shape index (κ1) is 15.3. The van der Waals surface area contributed by atoms with Gasteiger partial charge >= 0.3 is 0 Å². The molecule has 1 fully saturated rings. The Morgan fingerprint density at radius 3 is 2.86 bits per heavy atom. The van der Waals surface area contributed by atoms with Crippen LogP contribution < -0.4 is 16.4 Å². The van der Waals surface area contributed by atoms with Crippen molar-refractivity contribution in [2.45, 2.75) is 25.8 Å². The minimum absolute atomic E-state index is 0.0196. The summed E-state index contributed by atoms with van der Waals surface area (Å²) in [6, 6.07) is 6.96. The van der Waals surface area contributed by atoms with E-state index in [9.17, 15) is 9.59 Å². The van der Waals surface area contributed by atoms with Gasteiger partial charge in [0.2, 0.25) is 11.8 Å². The van der Waals surface area contributed by atoms with E-state index in [-0.39, 0.29) is 17.9 Å². The van der Waals surface area contributed by atoms with E-state index < -0.39 is 0 Å². The van der Waals surface area contributed by atoms with Crippen LogP contribution in [-0.2, 0) is 9.59 Å². The number of piperazine rings is 1. The number of amides is 2. The normalized spacial score (nSPS) is 19.1. The molecule has 1 aromatic rings. The first-order chi connectivity index (χ1) is 10.1. The van der Waals surface area contributed by atoms with Gasteiger partial charge in [0.15, 0.2) is 0 Å². The Morgan fingerprint density at radius 1 is 1.43 bits per heavy atom. The highest BCUT2D eigenvalue weighted by Gasteiger charge is 2.24. The molecular formula is C15H22N4O2. The van der Waals surface area contributed by atoms with Crippen LogP contribution in [0.1, 0.15) is 19.8 Å². The zero-order valence-corrected chi connectivity index (χ0v) is 12.3. The summed E-state index contributed by atoms with van der Waals surface area (Å²) in [5, 5.41) is 5.66. The summed E-state index contributed by atoms with van der Waals surface area (Å²) in [5.41, 5.74) is 7.02. The van der Waals surface area contributed by atoms with Crippen molar-refractivity contribution in [1.82, 2.24) is 10.2 Å². The van der Waals surface area contributed by atoms with Gasteiger partial charge in [-0.25, -0.2) is 0 Å². The van der Waals surface area contributed by atoms with Crippen molar-refractivity contribution in [2.24, 2.45) is 0 Å². The summed E-state index contributed by atoms with van der Waals surface area (Å²) < 4.78 is 0. The van der Waals surface area contributed by atoms with Gasteiger partial charge in [-0.15, -0.1) is 0 Å². The third kappa shape index (κ3) is 4.46. The zero-order chi connectivity index (χ0) is 15.2. The fourth-order valence-electron chi connectivity index (χ4n) is 2.37. The molecule has 0 radical (unpaired) electrons. The van der Waals surface area contributed by atoms with E-state index in [1.807, 2.05) is 6.92 Å². The summed E-state index contributed by atoms with van der Waals surface area (Å²) in [6.45, 7) is 4.17. The lowest BCUT2D eigenvalue weighted by molar-refractivity contribution is -0.128. The number of carbonyl (C=O) groups excluding carboxylic acids is 2. The van der Waals surface area contributed by atoms with Crippen molar-refractivity contribution < 1.29 is 9.59 Å². The number of nitrogen functional groups attached to an aromatic ring is 1. The number of anilines is 2. The number of nitrogens with one attached hydrogen (secondary N) is 2. The lowest BCUT2D eigenvalue weighted by Crippen LogP contribution is -2.53. The van der Waals surface area contributed by atoms with Gasteiger partial charge in [-0.1, -0.05) is 0 Å². The van der Waals surface area contributed by atoms with Crippen LogP contribution >= 0.6 is 0 Å². The van der Waals surface area contributed by atoms with Gasteiger partial charge in [0.25, 0.3) is 0 Å². The quantitative estimate of drug-likeness (QED) is 0.700. The highest BCUT2D eigenvalue weighted by molar-refractivity contribution is 5.90. The Balaban J connectivity index is 1.71. The number of rotatable bonds is 5. The van der Waals surface area contributed by atoms with Gasteiger partial charge in [0, 0.05) is 30.9 Å². The molecule has 2 amide bonds. The van der Waals surface area contributed by atoms with Crippen LogP contribution in [-0.4, -0.2) is 42.4 Å². The molecule has 1 heterocycles. The van der Waals surface area contributed by atoms with Crippen LogP contribution in [0.3, 0.4) is 0 Å². The average molecular weight is 290 g/mol. The Kier molecular flexibility index (Phi) is 5.16. The van der Waals surface area contributed by atoms with E-state index in [4.69, 9.17) is 5.73 Å². The molecule has 1 saturated heterocycles. The molecule has 114 valence electrons. The van der Waals surface area contributed by atoms with Crippen LogP contribution in [0.15, 0.2) is 24.3 Å². The summed E-state index contributed by atoms with van der Waals surface area (Å²) >= 11 is 0. The number of hydrogen-bond donors (Lipinski definition) is 3. The van der Waals surface area contributed by atoms with Gasteiger partial charge in [-0.2, -0.15) is 0 Å². The van der Waals surface area contributed by atoms with Crippen molar-refractivity contribution in [3.8, 4) is 0 Å². The predicted octanol–water partition coefficient (Wildman–Crippen LogP) is 0.808. The molecule has 6 nitrogen and oxygen atoms in total.